The van der Waals surface area contributed by atoms with Crippen molar-refractivity contribution in [1.82, 2.24) is 14.7 Å². The number of carbonyl (C=O) groups excluding carboxylic acids is 2. The predicted molar refractivity (Wildman–Crippen MR) is 114 cm³/mol. The van der Waals surface area contributed by atoms with Gasteiger partial charge in [-0.2, -0.15) is 5.10 Å². The molecule has 0 spiro atoms. The quantitative estimate of drug-likeness (QED) is 0.707. The fourth-order valence-corrected chi connectivity index (χ4v) is 3.55. The van der Waals surface area contributed by atoms with Gasteiger partial charge in [0.15, 0.2) is 5.69 Å². The summed E-state index contributed by atoms with van der Waals surface area (Å²) in [7, 11) is 1.62. The van der Waals surface area contributed by atoms with Crippen molar-refractivity contribution >= 4 is 17.5 Å². The first-order chi connectivity index (χ1) is 14.5. The highest BCUT2D eigenvalue weighted by Crippen LogP contribution is 2.23. The molecule has 2 heterocycles. The lowest BCUT2D eigenvalue weighted by Crippen LogP contribution is -2.39. The van der Waals surface area contributed by atoms with Crippen LogP contribution in [-0.4, -0.2) is 40.1 Å². The third-order valence-corrected chi connectivity index (χ3v) is 5.42. The van der Waals surface area contributed by atoms with Crippen LogP contribution in [0.4, 0.5) is 5.69 Å². The molecule has 0 unspecified atom stereocenters. The average molecular weight is 404 g/mol. The van der Waals surface area contributed by atoms with E-state index in [1.165, 1.54) is 0 Å². The number of nitrogens with one attached hydrogen (secondary N) is 1. The van der Waals surface area contributed by atoms with E-state index in [9.17, 15) is 9.59 Å². The minimum atomic E-state index is -0.329. The first-order valence-corrected chi connectivity index (χ1v) is 9.84. The minimum absolute atomic E-state index is 0.148. The minimum Gasteiger partial charge on any atom is -0.496 e. The number of aryl methyl sites for hydroxylation is 2. The molecule has 0 fully saturated rings. The van der Waals surface area contributed by atoms with Crippen molar-refractivity contribution in [3.63, 3.8) is 0 Å². The molecule has 7 heteroatoms. The van der Waals surface area contributed by atoms with E-state index in [1.54, 1.807) is 22.8 Å². The number of hydrogen-bond acceptors (Lipinski definition) is 4. The molecule has 1 aliphatic heterocycles. The van der Waals surface area contributed by atoms with Crippen LogP contribution in [-0.2, 0) is 13.1 Å². The van der Waals surface area contributed by atoms with Crippen molar-refractivity contribution in [2.24, 2.45) is 0 Å². The lowest BCUT2D eigenvalue weighted by molar-refractivity contribution is 0.0682. The molecule has 0 radical (unpaired) electrons. The molecule has 0 bridgehead atoms. The highest BCUT2D eigenvalue weighted by molar-refractivity contribution is 6.04. The zero-order valence-corrected chi connectivity index (χ0v) is 17.3. The maximum absolute atomic E-state index is 13.0. The number of methoxy groups -OCH3 is 1. The van der Waals surface area contributed by atoms with E-state index < -0.39 is 0 Å². The maximum atomic E-state index is 13.0. The van der Waals surface area contributed by atoms with Crippen LogP contribution in [0.2, 0.25) is 0 Å². The number of amides is 2. The van der Waals surface area contributed by atoms with Gasteiger partial charge >= 0.3 is 0 Å². The van der Waals surface area contributed by atoms with Crippen LogP contribution >= 0.6 is 0 Å². The number of aromatic nitrogens is 2. The van der Waals surface area contributed by atoms with E-state index in [4.69, 9.17) is 4.74 Å². The van der Waals surface area contributed by atoms with Gasteiger partial charge in [0.1, 0.15) is 11.4 Å². The Morgan fingerprint density at radius 1 is 1.10 bits per heavy atom. The predicted octanol–water partition coefficient (Wildman–Crippen LogP) is 3.42. The second-order valence-electron chi connectivity index (χ2n) is 7.43. The Labute approximate surface area is 175 Å². The zero-order chi connectivity index (χ0) is 21.3. The number of fused-ring (bicyclic) bond motifs is 1. The Morgan fingerprint density at radius 2 is 1.90 bits per heavy atom. The summed E-state index contributed by atoms with van der Waals surface area (Å²) in [6.45, 7) is 5.51. The number of hydrogen-bond donors (Lipinski definition) is 1. The number of para-hydroxylation sites is 1. The summed E-state index contributed by atoms with van der Waals surface area (Å²) in [5, 5.41) is 7.21. The van der Waals surface area contributed by atoms with E-state index in [0.29, 0.717) is 31.0 Å². The van der Waals surface area contributed by atoms with Gasteiger partial charge in [-0.25, -0.2) is 0 Å². The van der Waals surface area contributed by atoms with Crippen molar-refractivity contribution < 1.29 is 14.3 Å². The normalized spacial score (nSPS) is 13.2. The summed E-state index contributed by atoms with van der Waals surface area (Å²) in [6.07, 6.45) is 0. The SMILES string of the molecule is COc1ccccc1CN1CCn2nc(C(=O)Nc3ccc(C)c(C)c3)cc2C1=O. The van der Waals surface area contributed by atoms with E-state index in [2.05, 4.69) is 10.4 Å². The molecule has 154 valence electrons. The van der Waals surface area contributed by atoms with E-state index in [-0.39, 0.29) is 17.5 Å². The Morgan fingerprint density at radius 3 is 2.67 bits per heavy atom. The molecule has 1 aliphatic rings. The van der Waals surface area contributed by atoms with Crippen LogP contribution in [0.5, 0.6) is 5.75 Å². The van der Waals surface area contributed by atoms with Crippen molar-refractivity contribution in [3.05, 3.63) is 76.6 Å². The summed E-state index contributed by atoms with van der Waals surface area (Å²) in [6, 6.07) is 14.9. The number of ether oxygens (including phenoxy) is 1. The van der Waals surface area contributed by atoms with E-state index >= 15 is 0 Å². The van der Waals surface area contributed by atoms with Gasteiger partial charge in [0, 0.05) is 30.4 Å². The van der Waals surface area contributed by atoms with Gasteiger partial charge in [-0.1, -0.05) is 24.3 Å². The number of rotatable bonds is 5. The van der Waals surface area contributed by atoms with Crippen molar-refractivity contribution in [1.29, 1.82) is 0 Å². The van der Waals surface area contributed by atoms with Crippen LogP contribution in [0.25, 0.3) is 0 Å². The summed E-state index contributed by atoms with van der Waals surface area (Å²) in [5.41, 5.74) is 4.55. The summed E-state index contributed by atoms with van der Waals surface area (Å²) in [5.74, 6) is 0.270. The fraction of sp³-hybridized carbons (Fsp3) is 0.261. The standard InChI is InChI=1S/C23H24N4O3/c1-15-8-9-18(12-16(15)2)24-22(28)19-13-20-23(29)26(10-11-27(20)25-19)14-17-6-4-5-7-21(17)30-3/h4-9,12-13H,10-11,14H2,1-3H3,(H,24,28). The monoisotopic (exact) mass is 404 g/mol. The molecule has 2 aromatic carbocycles. The highest BCUT2D eigenvalue weighted by atomic mass is 16.5. The van der Waals surface area contributed by atoms with Gasteiger partial charge in [-0.3, -0.25) is 14.3 Å². The smallest absolute Gasteiger partial charge is 0.276 e. The first-order valence-electron chi connectivity index (χ1n) is 9.84. The Balaban J connectivity index is 1.51. The molecule has 1 N–H and O–H groups in total. The van der Waals surface area contributed by atoms with E-state index in [0.717, 1.165) is 22.4 Å². The summed E-state index contributed by atoms with van der Waals surface area (Å²) >= 11 is 0. The lowest BCUT2D eigenvalue weighted by atomic mass is 10.1. The number of anilines is 1. The third kappa shape index (κ3) is 3.78. The van der Waals surface area contributed by atoms with Gasteiger partial charge in [-0.05, 0) is 43.2 Å². The first kappa shape index (κ1) is 19.7. The van der Waals surface area contributed by atoms with Crippen LogP contribution < -0.4 is 10.1 Å². The largest absolute Gasteiger partial charge is 0.496 e. The van der Waals surface area contributed by atoms with Gasteiger partial charge in [-0.15, -0.1) is 0 Å². The molecule has 7 nitrogen and oxygen atoms in total. The molecule has 0 aliphatic carbocycles. The van der Waals surface area contributed by atoms with Crippen LogP contribution in [0.1, 0.15) is 37.7 Å². The zero-order valence-electron chi connectivity index (χ0n) is 17.3. The van der Waals surface area contributed by atoms with Gasteiger partial charge in [0.25, 0.3) is 11.8 Å². The summed E-state index contributed by atoms with van der Waals surface area (Å²) < 4.78 is 7.00. The Bertz CT molecular complexity index is 1120. The molecule has 3 aromatic rings. The fourth-order valence-electron chi connectivity index (χ4n) is 3.55. The highest BCUT2D eigenvalue weighted by Gasteiger charge is 2.28. The molecule has 1 aromatic heterocycles. The second-order valence-corrected chi connectivity index (χ2v) is 7.43. The molecule has 0 saturated carbocycles. The Hall–Kier alpha value is -3.61. The molecular weight excluding hydrogens is 380 g/mol. The third-order valence-electron chi connectivity index (χ3n) is 5.42. The number of benzene rings is 2. The van der Waals surface area contributed by atoms with E-state index in [1.807, 2.05) is 56.3 Å². The van der Waals surface area contributed by atoms with Crippen molar-refractivity contribution in [2.45, 2.75) is 26.9 Å². The molecule has 4 rings (SSSR count). The van der Waals surface area contributed by atoms with Crippen LogP contribution in [0.15, 0.2) is 48.5 Å². The van der Waals surface area contributed by atoms with Crippen LogP contribution in [0, 0.1) is 13.8 Å². The topological polar surface area (TPSA) is 76.5 Å². The number of carbonyl (C=O) groups is 2. The maximum Gasteiger partial charge on any atom is 0.276 e. The average Bonchev–Trinajstić information content (AvgIpc) is 3.18. The molecular formula is C23H24N4O3. The Kier molecular flexibility index (Phi) is 5.27. The second kappa shape index (κ2) is 8.02. The van der Waals surface area contributed by atoms with Crippen LogP contribution in [0.3, 0.4) is 0 Å². The van der Waals surface area contributed by atoms with Gasteiger partial charge < -0.3 is 15.0 Å². The molecule has 30 heavy (non-hydrogen) atoms. The molecule has 0 saturated heterocycles. The van der Waals surface area contributed by atoms with Gasteiger partial charge in [0.05, 0.1) is 13.7 Å². The molecule has 2 amide bonds. The van der Waals surface area contributed by atoms with Crippen molar-refractivity contribution in [2.75, 3.05) is 19.0 Å². The van der Waals surface area contributed by atoms with Gasteiger partial charge in [0.2, 0.25) is 0 Å². The summed E-state index contributed by atoms with van der Waals surface area (Å²) in [4.78, 5) is 27.4. The lowest BCUT2D eigenvalue weighted by Gasteiger charge is -2.28. The van der Waals surface area contributed by atoms with Crippen molar-refractivity contribution in [3.8, 4) is 5.75 Å². The number of nitrogens with zero attached hydrogens (tertiary/aromatic N) is 3. The molecule has 0 atom stereocenters.